The topological polar surface area (TPSA) is 50.2 Å². The van der Waals surface area contributed by atoms with Crippen molar-refractivity contribution in [2.75, 3.05) is 18.5 Å². The standard InChI is InChI=1S/C20H22N4O/c1-16(23(2)18-9-5-3-6-10-18)13-21-20(25)17-14-22-24(15-17)19-11-7-4-8-12-19/h3-12,14-16H,13H2,1-2H3,(H,21,25). The Balaban J connectivity index is 1.59. The summed E-state index contributed by atoms with van der Waals surface area (Å²) in [4.78, 5) is 14.5. The molecule has 2 aromatic carbocycles. The second kappa shape index (κ2) is 7.66. The van der Waals surface area contributed by atoms with Crippen LogP contribution in [0.15, 0.2) is 73.1 Å². The molecule has 0 radical (unpaired) electrons. The first-order valence-corrected chi connectivity index (χ1v) is 8.31. The number of carbonyl (C=O) groups is 1. The summed E-state index contributed by atoms with van der Waals surface area (Å²) in [6.07, 6.45) is 3.34. The van der Waals surface area contributed by atoms with Gasteiger partial charge in [0.15, 0.2) is 0 Å². The van der Waals surface area contributed by atoms with Gasteiger partial charge in [0.05, 0.1) is 17.4 Å². The van der Waals surface area contributed by atoms with Gasteiger partial charge >= 0.3 is 0 Å². The zero-order valence-corrected chi connectivity index (χ0v) is 14.5. The number of likely N-dealkylation sites (N-methyl/N-ethyl adjacent to an activating group) is 1. The smallest absolute Gasteiger partial charge is 0.254 e. The van der Waals surface area contributed by atoms with E-state index in [0.29, 0.717) is 12.1 Å². The molecule has 1 amide bonds. The minimum atomic E-state index is -0.115. The molecular formula is C20H22N4O. The lowest BCUT2D eigenvalue weighted by molar-refractivity contribution is 0.0951. The molecule has 3 aromatic rings. The maximum atomic E-state index is 12.4. The number of anilines is 1. The van der Waals surface area contributed by atoms with E-state index in [-0.39, 0.29) is 11.9 Å². The molecule has 25 heavy (non-hydrogen) atoms. The van der Waals surface area contributed by atoms with Crippen LogP contribution < -0.4 is 10.2 Å². The van der Waals surface area contributed by atoms with Gasteiger partial charge in [-0.1, -0.05) is 36.4 Å². The third kappa shape index (κ3) is 4.07. The van der Waals surface area contributed by atoms with Crippen molar-refractivity contribution in [2.24, 2.45) is 0 Å². The summed E-state index contributed by atoms with van der Waals surface area (Å²) in [6.45, 7) is 2.64. The molecule has 0 aliphatic carbocycles. The Hall–Kier alpha value is -3.08. The first-order valence-electron chi connectivity index (χ1n) is 8.31. The van der Waals surface area contributed by atoms with E-state index in [4.69, 9.17) is 0 Å². The molecule has 0 aliphatic rings. The molecule has 0 spiro atoms. The molecule has 1 atom stereocenters. The van der Waals surface area contributed by atoms with E-state index in [1.54, 1.807) is 17.1 Å². The highest BCUT2D eigenvalue weighted by molar-refractivity contribution is 5.93. The fourth-order valence-corrected chi connectivity index (χ4v) is 2.56. The first-order chi connectivity index (χ1) is 12.1. The highest BCUT2D eigenvalue weighted by atomic mass is 16.1. The molecule has 1 aromatic heterocycles. The Morgan fingerprint density at radius 2 is 1.76 bits per heavy atom. The van der Waals surface area contributed by atoms with Crippen LogP contribution in [0.25, 0.3) is 5.69 Å². The Morgan fingerprint density at radius 3 is 2.44 bits per heavy atom. The molecule has 3 rings (SSSR count). The van der Waals surface area contributed by atoms with Gasteiger partial charge in [-0.15, -0.1) is 0 Å². The average Bonchev–Trinajstić information content (AvgIpc) is 3.17. The van der Waals surface area contributed by atoms with Crippen LogP contribution in [-0.2, 0) is 0 Å². The number of amides is 1. The second-order valence-corrected chi connectivity index (χ2v) is 6.01. The number of benzene rings is 2. The van der Waals surface area contributed by atoms with E-state index >= 15 is 0 Å². The minimum Gasteiger partial charge on any atom is -0.370 e. The van der Waals surface area contributed by atoms with E-state index in [0.717, 1.165) is 11.4 Å². The van der Waals surface area contributed by atoms with Crippen molar-refractivity contribution in [3.63, 3.8) is 0 Å². The lowest BCUT2D eigenvalue weighted by atomic mass is 10.2. The van der Waals surface area contributed by atoms with Crippen LogP contribution in [-0.4, -0.2) is 35.3 Å². The molecule has 0 bridgehead atoms. The molecule has 5 nitrogen and oxygen atoms in total. The molecule has 0 fully saturated rings. The van der Waals surface area contributed by atoms with Crippen molar-refractivity contribution in [1.82, 2.24) is 15.1 Å². The summed E-state index contributed by atoms with van der Waals surface area (Å²) >= 11 is 0. The maximum Gasteiger partial charge on any atom is 0.254 e. The largest absolute Gasteiger partial charge is 0.370 e. The van der Waals surface area contributed by atoms with Gasteiger partial charge in [0.25, 0.3) is 5.91 Å². The number of carbonyl (C=O) groups excluding carboxylic acids is 1. The summed E-state index contributed by atoms with van der Waals surface area (Å²) in [5.74, 6) is -0.115. The number of aromatic nitrogens is 2. The highest BCUT2D eigenvalue weighted by Gasteiger charge is 2.13. The van der Waals surface area contributed by atoms with E-state index in [9.17, 15) is 4.79 Å². The Morgan fingerprint density at radius 1 is 1.12 bits per heavy atom. The Labute approximate surface area is 147 Å². The van der Waals surface area contributed by atoms with Crippen molar-refractivity contribution in [1.29, 1.82) is 0 Å². The van der Waals surface area contributed by atoms with Crippen LogP contribution in [0, 0.1) is 0 Å². The fraction of sp³-hybridized carbons (Fsp3) is 0.200. The lowest BCUT2D eigenvalue weighted by Crippen LogP contribution is -2.40. The Bertz CT molecular complexity index is 814. The zero-order chi connectivity index (χ0) is 17.6. The van der Waals surface area contributed by atoms with Crippen molar-refractivity contribution in [3.8, 4) is 5.69 Å². The monoisotopic (exact) mass is 334 g/mol. The summed E-state index contributed by atoms with van der Waals surface area (Å²) < 4.78 is 1.70. The predicted octanol–water partition coefficient (Wildman–Crippen LogP) is 3.13. The molecule has 0 saturated heterocycles. The number of rotatable bonds is 6. The van der Waals surface area contributed by atoms with Crippen LogP contribution in [0.1, 0.15) is 17.3 Å². The van der Waals surface area contributed by atoms with Crippen LogP contribution in [0.3, 0.4) is 0 Å². The molecule has 1 N–H and O–H groups in total. The molecule has 1 heterocycles. The van der Waals surface area contributed by atoms with Gasteiger partial charge in [0, 0.05) is 31.5 Å². The van der Waals surface area contributed by atoms with E-state index < -0.39 is 0 Å². The van der Waals surface area contributed by atoms with E-state index in [1.165, 1.54) is 0 Å². The number of hydrogen-bond donors (Lipinski definition) is 1. The number of nitrogens with zero attached hydrogens (tertiary/aromatic N) is 3. The Kier molecular flexibility index (Phi) is 5.14. The normalized spacial score (nSPS) is 11.8. The van der Waals surface area contributed by atoms with Gasteiger partial charge in [-0.05, 0) is 31.2 Å². The number of para-hydroxylation sites is 2. The minimum absolute atomic E-state index is 0.115. The van der Waals surface area contributed by atoms with Crippen molar-refractivity contribution < 1.29 is 4.79 Å². The van der Waals surface area contributed by atoms with Gasteiger partial charge in [0.1, 0.15) is 0 Å². The van der Waals surface area contributed by atoms with E-state index in [1.807, 2.05) is 55.6 Å². The van der Waals surface area contributed by atoms with Gasteiger partial charge in [-0.25, -0.2) is 4.68 Å². The van der Waals surface area contributed by atoms with E-state index in [2.05, 4.69) is 34.4 Å². The quantitative estimate of drug-likeness (QED) is 0.753. The second-order valence-electron chi connectivity index (χ2n) is 6.01. The van der Waals surface area contributed by atoms with Gasteiger partial charge in [0.2, 0.25) is 0 Å². The first kappa shape index (κ1) is 16.8. The fourth-order valence-electron chi connectivity index (χ4n) is 2.56. The van der Waals surface area contributed by atoms with Gasteiger partial charge in [-0.2, -0.15) is 5.10 Å². The molecule has 0 saturated carbocycles. The van der Waals surface area contributed by atoms with Crippen LogP contribution in [0.5, 0.6) is 0 Å². The highest BCUT2D eigenvalue weighted by Crippen LogP contribution is 2.14. The summed E-state index contributed by atoms with van der Waals surface area (Å²) in [7, 11) is 2.03. The average molecular weight is 334 g/mol. The van der Waals surface area contributed by atoms with Crippen molar-refractivity contribution in [3.05, 3.63) is 78.6 Å². The lowest BCUT2D eigenvalue weighted by Gasteiger charge is -2.27. The third-order valence-electron chi connectivity index (χ3n) is 4.25. The number of nitrogens with one attached hydrogen (secondary N) is 1. The number of hydrogen-bond acceptors (Lipinski definition) is 3. The summed E-state index contributed by atoms with van der Waals surface area (Å²) in [5, 5.41) is 7.24. The molecule has 1 unspecified atom stereocenters. The van der Waals surface area contributed by atoms with Crippen LogP contribution in [0.2, 0.25) is 0 Å². The predicted molar refractivity (Wildman–Crippen MR) is 100 cm³/mol. The maximum absolute atomic E-state index is 12.4. The molecule has 128 valence electrons. The summed E-state index contributed by atoms with van der Waals surface area (Å²) in [5.41, 5.74) is 2.61. The van der Waals surface area contributed by atoms with Crippen molar-refractivity contribution in [2.45, 2.75) is 13.0 Å². The molecule has 0 aliphatic heterocycles. The molecule has 5 heteroatoms. The zero-order valence-electron chi connectivity index (χ0n) is 14.5. The third-order valence-corrected chi connectivity index (χ3v) is 4.25. The van der Waals surface area contributed by atoms with Crippen molar-refractivity contribution >= 4 is 11.6 Å². The molecular weight excluding hydrogens is 312 g/mol. The van der Waals surface area contributed by atoms with Crippen LogP contribution in [0.4, 0.5) is 5.69 Å². The van der Waals surface area contributed by atoms with Gasteiger partial charge in [-0.3, -0.25) is 4.79 Å². The summed E-state index contributed by atoms with van der Waals surface area (Å²) in [6, 6.07) is 20.0. The SMILES string of the molecule is CC(CNC(=O)c1cnn(-c2ccccc2)c1)N(C)c1ccccc1. The van der Waals surface area contributed by atoms with Crippen LogP contribution >= 0.6 is 0 Å². The van der Waals surface area contributed by atoms with Gasteiger partial charge < -0.3 is 10.2 Å².